The van der Waals surface area contributed by atoms with Crippen molar-refractivity contribution in [1.82, 2.24) is 9.88 Å². The summed E-state index contributed by atoms with van der Waals surface area (Å²) < 4.78 is 8.45. The molecule has 4 rings (SSSR count). The molecule has 0 aliphatic heterocycles. The van der Waals surface area contributed by atoms with Crippen molar-refractivity contribution in [3.05, 3.63) is 85.3 Å². The number of ether oxygens (including phenoxy) is 1. The molecule has 0 spiro atoms. The first kappa shape index (κ1) is 29.5. The summed E-state index contributed by atoms with van der Waals surface area (Å²) in [6.45, 7) is 5.82. The van der Waals surface area contributed by atoms with Crippen LogP contribution in [0.25, 0.3) is 12.2 Å². The molecule has 2 aromatic carbocycles. The second-order valence-electron chi connectivity index (χ2n) is 11.5. The third kappa shape index (κ3) is 8.28. The number of benzene rings is 2. The van der Waals surface area contributed by atoms with E-state index >= 15 is 0 Å². The van der Waals surface area contributed by atoms with Gasteiger partial charge in [0.2, 0.25) is 5.91 Å². The number of ketones is 1. The van der Waals surface area contributed by atoms with Gasteiger partial charge in [0.1, 0.15) is 23.6 Å². The number of hydrogen-bond acceptors (Lipinski definition) is 5. The largest absolute Gasteiger partial charge is 0.488 e. The number of nitrogens with one attached hydrogen (secondary N) is 1. The maximum absolute atomic E-state index is 13.6. The number of hydrogen-bond donors (Lipinski definition) is 1. The van der Waals surface area contributed by atoms with Crippen LogP contribution in [0.4, 0.5) is 0 Å². The number of amides is 1. The molecular weight excluding hydrogens is 520 g/mol. The van der Waals surface area contributed by atoms with Gasteiger partial charge in [-0.05, 0) is 30.5 Å². The molecule has 3 aromatic rings. The van der Waals surface area contributed by atoms with Crippen LogP contribution >= 0.6 is 11.3 Å². The summed E-state index contributed by atoms with van der Waals surface area (Å²) in [5, 5.41) is 3.15. The van der Waals surface area contributed by atoms with E-state index in [1.54, 1.807) is 6.08 Å². The SMILES string of the molecule is CC(C)(C)C(=O)/C=c1/s/c(=C\c2ccccc2OCc2ccccc2)c(=O)n1CC(=O)NC1CCCCCCC1. The Morgan fingerprint density at radius 1 is 0.975 bits per heavy atom. The van der Waals surface area contributed by atoms with E-state index in [1.165, 1.54) is 41.2 Å². The lowest BCUT2D eigenvalue weighted by Crippen LogP contribution is -2.42. The van der Waals surface area contributed by atoms with Gasteiger partial charge in [0.05, 0.1) is 4.53 Å². The van der Waals surface area contributed by atoms with Crippen molar-refractivity contribution in [2.75, 3.05) is 0 Å². The number of rotatable bonds is 8. The molecule has 1 heterocycles. The van der Waals surface area contributed by atoms with Crippen molar-refractivity contribution in [3.63, 3.8) is 0 Å². The predicted octanol–water partition coefficient (Wildman–Crippen LogP) is 4.94. The van der Waals surface area contributed by atoms with Gasteiger partial charge in [-0.1, -0.05) is 101 Å². The number of Topliss-reactive ketones (excluding diaryl/α,β-unsaturated/α-hetero) is 1. The molecule has 1 amide bonds. The first-order valence-electron chi connectivity index (χ1n) is 14.2. The minimum absolute atomic E-state index is 0.0962. The van der Waals surface area contributed by atoms with Crippen molar-refractivity contribution in [1.29, 1.82) is 0 Å². The molecule has 0 unspecified atom stereocenters. The highest BCUT2D eigenvalue weighted by Gasteiger charge is 2.21. The molecule has 40 heavy (non-hydrogen) atoms. The zero-order valence-electron chi connectivity index (χ0n) is 23.8. The Labute approximate surface area is 240 Å². The van der Waals surface area contributed by atoms with Crippen molar-refractivity contribution in [2.24, 2.45) is 5.41 Å². The van der Waals surface area contributed by atoms with E-state index < -0.39 is 5.41 Å². The van der Waals surface area contributed by atoms with Crippen LogP contribution in [0.2, 0.25) is 0 Å². The number of carbonyl (C=O) groups excluding carboxylic acids is 2. The summed E-state index contributed by atoms with van der Waals surface area (Å²) >= 11 is 1.23. The first-order valence-corrected chi connectivity index (χ1v) is 15.0. The van der Waals surface area contributed by atoms with Crippen molar-refractivity contribution in [2.45, 2.75) is 84.9 Å². The molecule has 1 N–H and O–H groups in total. The average Bonchev–Trinajstić information content (AvgIpc) is 3.18. The fourth-order valence-corrected chi connectivity index (χ4v) is 5.78. The van der Waals surface area contributed by atoms with Crippen LogP contribution in [0.1, 0.15) is 76.8 Å². The summed E-state index contributed by atoms with van der Waals surface area (Å²) in [6.07, 6.45) is 11.1. The average molecular weight is 561 g/mol. The Morgan fingerprint density at radius 3 is 2.33 bits per heavy atom. The zero-order chi connectivity index (χ0) is 28.5. The minimum Gasteiger partial charge on any atom is -0.488 e. The van der Waals surface area contributed by atoms with E-state index in [0.29, 0.717) is 21.6 Å². The lowest BCUT2D eigenvalue weighted by Gasteiger charge is -2.21. The van der Waals surface area contributed by atoms with Gasteiger partial charge in [-0.3, -0.25) is 19.0 Å². The molecule has 1 fully saturated rings. The van der Waals surface area contributed by atoms with Gasteiger partial charge in [-0.25, -0.2) is 0 Å². The predicted molar refractivity (Wildman–Crippen MR) is 162 cm³/mol. The Bertz CT molecular complexity index is 1470. The van der Waals surface area contributed by atoms with Crippen LogP contribution in [0, 0.1) is 5.41 Å². The second-order valence-corrected chi connectivity index (χ2v) is 12.6. The highest BCUT2D eigenvalue weighted by Crippen LogP contribution is 2.20. The van der Waals surface area contributed by atoms with Crippen LogP contribution < -0.4 is 24.8 Å². The van der Waals surface area contributed by atoms with E-state index in [1.807, 2.05) is 75.4 Å². The van der Waals surface area contributed by atoms with Gasteiger partial charge in [0.25, 0.3) is 5.56 Å². The summed E-state index contributed by atoms with van der Waals surface area (Å²) in [7, 11) is 0. The highest BCUT2D eigenvalue weighted by molar-refractivity contribution is 7.07. The fourth-order valence-electron chi connectivity index (χ4n) is 4.75. The molecule has 6 nitrogen and oxygen atoms in total. The number of aromatic nitrogens is 1. The third-order valence-electron chi connectivity index (χ3n) is 7.15. The van der Waals surface area contributed by atoms with E-state index in [9.17, 15) is 14.4 Å². The Morgan fingerprint density at radius 2 is 1.62 bits per heavy atom. The summed E-state index contributed by atoms with van der Waals surface area (Å²) in [5.41, 5.74) is 0.914. The Hall–Kier alpha value is -3.45. The van der Waals surface area contributed by atoms with Crippen molar-refractivity contribution < 1.29 is 14.3 Å². The van der Waals surface area contributed by atoms with Gasteiger partial charge in [-0.2, -0.15) is 0 Å². The molecule has 1 saturated carbocycles. The van der Waals surface area contributed by atoms with Gasteiger partial charge >= 0.3 is 0 Å². The lowest BCUT2D eigenvalue weighted by atomic mass is 9.91. The maximum atomic E-state index is 13.6. The van der Waals surface area contributed by atoms with Gasteiger partial charge in [-0.15, -0.1) is 11.3 Å². The van der Waals surface area contributed by atoms with Crippen molar-refractivity contribution >= 4 is 35.2 Å². The molecule has 0 bridgehead atoms. The van der Waals surface area contributed by atoms with E-state index in [-0.39, 0.29) is 29.8 Å². The minimum atomic E-state index is -0.603. The van der Waals surface area contributed by atoms with E-state index in [4.69, 9.17) is 4.74 Å². The standard InChI is InChI=1S/C33H40N2O4S/c1-33(2,3)29(36)21-31-35(22-30(37)34-26-17-10-5-4-6-11-18-26)32(38)28(40-31)20-25-16-12-13-19-27(25)39-23-24-14-8-7-9-15-24/h7-9,12-16,19-21,26H,4-6,10-11,17-18,22-23H2,1-3H3,(H,34,37)/b28-20-,31-21+. The number of para-hydroxylation sites is 1. The molecule has 1 aliphatic rings. The molecular formula is C33H40N2O4S. The highest BCUT2D eigenvalue weighted by atomic mass is 32.1. The second kappa shape index (κ2) is 13.8. The number of carbonyl (C=O) groups is 2. The smallest absolute Gasteiger partial charge is 0.269 e. The quantitative estimate of drug-likeness (QED) is 0.423. The number of nitrogens with zero attached hydrogens (tertiary/aromatic N) is 1. The Balaban J connectivity index is 1.66. The van der Waals surface area contributed by atoms with Crippen LogP contribution in [0.3, 0.4) is 0 Å². The topological polar surface area (TPSA) is 77.4 Å². The van der Waals surface area contributed by atoms with Crippen LogP contribution in [0.5, 0.6) is 5.75 Å². The van der Waals surface area contributed by atoms with Crippen LogP contribution in [-0.2, 0) is 22.7 Å². The molecule has 1 aromatic heterocycles. The maximum Gasteiger partial charge on any atom is 0.269 e. The van der Waals surface area contributed by atoms with Gasteiger partial charge in [0, 0.05) is 23.1 Å². The summed E-state index contributed by atoms with van der Waals surface area (Å²) in [6, 6.07) is 17.6. The van der Waals surface area contributed by atoms with E-state index in [2.05, 4.69) is 5.32 Å². The first-order chi connectivity index (χ1) is 19.2. The molecule has 1 aliphatic carbocycles. The van der Waals surface area contributed by atoms with E-state index in [0.717, 1.165) is 36.8 Å². The van der Waals surface area contributed by atoms with Gasteiger partial charge < -0.3 is 10.1 Å². The molecule has 0 saturated heterocycles. The molecule has 0 atom stereocenters. The Kier molecular flexibility index (Phi) is 10.2. The number of thiazole rings is 1. The molecule has 212 valence electrons. The zero-order valence-corrected chi connectivity index (χ0v) is 24.6. The third-order valence-corrected chi connectivity index (χ3v) is 8.20. The normalized spacial score (nSPS) is 15.9. The van der Waals surface area contributed by atoms with Crippen LogP contribution in [0.15, 0.2) is 59.4 Å². The fraction of sp³-hybridized carbons (Fsp3) is 0.424. The lowest BCUT2D eigenvalue weighted by molar-refractivity contribution is -0.123. The summed E-state index contributed by atoms with van der Waals surface area (Å²) in [4.78, 5) is 39.7. The van der Waals surface area contributed by atoms with Crippen molar-refractivity contribution in [3.8, 4) is 5.75 Å². The summed E-state index contributed by atoms with van der Waals surface area (Å²) in [5.74, 6) is 0.367. The monoisotopic (exact) mass is 560 g/mol. The van der Waals surface area contributed by atoms with Gasteiger partial charge in [0.15, 0.2) is 5.78 Å². The molecule has 7 heteroatoms. The molecule has 0 radical (unpaired) electrons. The van der Waals surface area contributed by atoms with Crippen LogP contribution in [-0.4, -0.2) is 22.3 Å².